The van der Waals surface area contributed by atoms with Crippen molar-refractivity contribution < 1.29 is 9.47 Å². The van der Waals surface area contributed by atoms with Crippen molar-refractivity contribution in [1.29, 1.82) is 0 Å². The van der Waals surface area contributed by atoms with Gasteiger partial charge in [-0.25, -0.2) is 0 Å². The summed E-state index contributed by atoms with van der Waals surface area (Å²) < 4.78 is 10.8. The van der Waals surface area contributed by atoms with Crippen molar-refractivity contribution in [2.75, 3.05) is 7.11 Å². The molecule has 1 atom stereocenters. The summed E-state index contributed by atoms with van der Waals surface area (Å²) in [5, 5.41) is 0. The highest BCUT2D eigenvalue weighted by Crippen LogP contribution is 2.27. The third kappa shape index (κ3) is 2.55. The van der Waals surface area contributed by atoms with Crippen LogP contribution in [0.1, 0.15) is 28.3 Å². The molecule has 2 N–H and O–H groups in total. The molecule has 3 nitrogen and oxygen atoms in total. The van der Waals surface area contributed by atoms with Gasteiger partial charge >= 0.3 is 0 Å². The van der Waals surface area contributed by atoms with Crippen molar-refractivity contribution in [3.8, 4) is 5.75 Å². The van der Waals surface area contributed by atoms with E-state index in [1.807, 2.05) is 18.2 Å². The highest BCUT2D eigenvalue weighted by atomic mass is 16.5. The summed E-state index contributed by atoms with van der Waals surface area (Å²) in [6.45, 7) is 1.42. The molecular formula is C17H19NO2. The van der Waals surface area contributed by atoms with Gasteiger partial charge < -0.3 is 15.2 Å². The van der Waals surface area contributed by atoms with E-state index in [4.69, 9.17) is 15.2 Å². The number of para-hydroxylation sites is 1. The Morgan fingerprint density at radius 2 is 1.95 bits per heavy atom. The van der Waals surface area contributed by atoms with Crippen molar-refractivity contribution in [3.63, 3.8) is 0 Å². The number of hydrogen-bond acceptors (Lipinski definition) is 3. The molecule has 0 amide bonds. The predicted molar refractivity (Wildman–Crippen MR) is 78.6 cm³/mol. The van der Waals surface area contributed by atoms with E-state index >= 15 is 0 Å². The molecule has 3 rings (SSSR count). The van der Waals surface area contributed by atoms with Crippen molar-refractivity contribution in [3.05, 3.63) is 64.7 Å². The Morgan fingerprint density at radius 3 is 2.80 bits per heavy atom. The minimum Gasteiger partial charge on any atom is -0.496 e. The van der Waals surface area contributed by atoms with Crippen LogP contribution in [0, 0.1) is 0 Å². The summed E-state index contributed by atoms with van der Waals surface area (Å²) in [7, 11) is 1.69. The van der Waals surface area contributed by atoms with Crippen LogP contribution in [0.25, 0.3) is 0 Å². The van der Waals surface area contributed by atoms with E-state index < -0.39 is 0 Å². The third-order valence-electron chi connectivity index (χ3n) is 3.81. The molecule has 1 aliphatic heterocycles. The second-order valence-electron chi connectivity index (χ2n) is 5.14. The van der Waals surface area contributed by atoms with E-state index in [9.17, 15) is 0 Å². The summed E-state index contributed by atoms with van der Waals surface area (Å²) >= 11 is 0. The molecule has 20 heavy (non-hydrogen) atoms. The first-order valence-corrected chi connectivity index (χ1v) is 6.85. The van der Waals surface area contributed by atoms with Gasteiger partial charge in [-0.2, -0.15) is 0 Å². The van der Waals surface area contributed by atoms with Crippen molar-refractivity contribution in [1.82, 2.24) is 0 Å². The topological polar surface area (TPSA) is 44.5 Å². The first kappa shape index (κ1) is 13.2. The molecule has 1 unspecified atom stereocenters. The molecule has 104 valence electrons. The molecule has 0 radical (unpaired) electrons. The standard InChI is InChI=1S/C17H19NO2/c1-19-17-5-3-2-4-13(17)9-16(18)12-6-7-14-10-20-11-15(14)8-12/h2-8,16H,9-11,18H2,1H3. The first-order valence-electron chi connectivity index (χ1n) is 6.85. The van der Waals surface area contributed by atoms with Crippen LogP contribution in [0.4, 0.5) is 0 Å². The molecule has 0 aliphatic carbocycles. The van der Waals surface area contributed by atoms with Crippen molar-refractivity contribution in [2.45, 2.75) is 25.7 Å². The van der Waals surface area contributed by atoms with Gasteiger partial charge in [0.05, 0.1) is 20.3 Å². The summed E-state index contributed by atoms with van der Waals surface area (Å²) in [6, 6.07) is 14.4. The molecule has 1 heterocycles. The Hall–Kier alpha value is -1.84. The maximum atomic E-state index is 6.35. The Morgan fingerprint density at radius 1 is 1.15 bits per heavy atom. The van der Waals surface area contributed by atoms with Crippen LogP contribution in [-0.2, 0) is 24.4 Å². The fraction of sp³-hybridized carbons (Fsp3) is 0.294. The number of ether oxygens (including phenoxy) is 2. The zero-order valence-electron chi connectivity index (χ0n) is 11.6. The van der Waals surface area contributed by atoms with Gasteiger partial charge in [0.25, 0.3) is 0 Å². The van der Waals surface area contributed by atoms with Gasteiger partial charge in [0, 0.05) is 6.04 Å². The predicted octanol–water partition coefficient (Wildman–Crippen LogP) is 2.97. The number of fused-ring (bicyclic) bond motifs is 1. The Labute approximate surface area is 119 Å². The second kappa shape index (κ2) is 5.65. The highest BCUT2D eigenvalue weighted by Gasteiger charge is 2.15. The molecule has 2 aromatic carbocycles. The maximum absolute atomic E-state index is 6.35. The Kier molecular flexibility index (Phi) is 3.72. The van der Waals surface area contributed by atoms with Crippen LogP contribution in [0.2, 0.25) is 0 Å². The van der Waals surface area contributed by atoms with Gasteiger partial charge in [0.15, 0.2) is 0 Å². The minimum absolute atomic E-state index is 0.0304. The van der Waals surface area contributed by atoms with E-state index in [-0.39, 0.29) is 6.04 Å². The van der Waals surface area contributed by atoms with Gasteiger partial charge in [0.1, 0.15) is 5.75 Å². The second-order valence-corrected chi connectivity index (χ2v) is 5.14. The van der Waals surface area contributed by atoms with Gasteiger partial charge in [-0.15, -0.1) is 0 Å². The molecule has 0 bridgehead atoms. The molecular weight excluding hydrogens is 250 g/mol. The fourth-order valence-electron chi connectivity index (χ4n) is 2.65. The molecule has 0 fully saturated rings. The van der Waals surface area contributed by atoms with Crippen molar-refractivity contribution in [2.24, 2.45) is 5.73 Å². The number of hydrogen-bond donors (Lipinski definition) is 1. The summed E-state index contributed by atoms with van der Waals surface area (Å²) in [5.41, 5.74) is 11.2. The Bertz CT molecular complexity index is 610. The zero-order valence-corrected chi connectivity index (χ0v) is 11.6. The maximum Gasteiger partial charge on any atom is 0.122 e. The third-order valence-corrected chi connectivity index (χ3v) is 3.81. The molecule has 1 aliphatic rings. The van der Waals surface area contributed by atoms with Crippen LogP contribution in [0.15, 0.2) is 42.5 Å². The van der Waals surface area contributed by atoms with Gasteiger partial charge in [-0.05, 0) is 34.7 Å². The van der Waals surface area contributed by atoms with Gasteiger partial charge in [-0.3, -0.25) is 0 Å². The normalized spacial score (nSPS) is 14.9. The average Bonchev–Trinajstić information content (AvgIpc) is 2.95. The first-order chi connectivity index (χ1) is 9.78. The Balaban J connectivity index is 1.81. The lowest BCUT2D eigenvalue weighted by Crippen LogP contribution is -2.14. The quantitative estimate of drug-likeness (QED) is 0.928. The molecule has 0 saturated heterocycles. The van der Waals surface area contributed by atoms with Gasteiger partial charge in [-0.1, -0.05) is 36.4 Å². The monoisotopic (exact) mass is 269 g/mol. The van der Waals surface area contributed by atoms with E-state index in [1.54, 1.807) is 7.11 Å². The number of nitrogens with two attached hydrogens (primary N) is 1. The van der Waals surface area contributed by atoms with E-state index in [1.165, 1.54) is 11.1 Å². The molecule has 0 spiro atoms. The lowest BCUT2D eigenvalue weighted by molar-refractivity contribution is 0.134. The van der Waals surface area contributed by atoms with Crippen LogP contribution in [0.3, 0.4) is 0 Å². The minimum atomic E-state index is -0.0304. The van der Waals surface area contributed by atoms with Crippen LogP contribution >= 0.6 is 0 Å². The van der Waals surface area contributed by atoms with Crippen LogP contribution in [0.5, 0.6) is 5.75 Å². The zero-order chi connectivity index (χ0) is 13.9. The van der Waals surface area contributed by atoms with Crippen LogP contribution in [-0.4, -0.2) is 7.11 Å². The molecule has 3 heteroatoms. The smallest absolute Gasteiger partial charge is 0.122 e. The van der Waals surface area contributed by atoms with E-state index in [0.29, 0.717) is 6.61 Å². The lowest BCUT2D eigenvalue weighted by atomic mass is 9.96. The average molecular weight is 269 g/mol. The summed E-state index contributed by atoms with van der Waals surface area (Å²) in [6.07, 6.45) is 0.768. The molecule has 2 aromatic rings. The number of benzene rings is 2. The highest BCUT2D eigenvalue weighted by molar-refractivity contribution is 5.38. The fourth-order valence-corrected chi connectivity index (χ4v) is 2.65. The number of methoxy groups -OCH3 is 1. The lowest BCUT2D eigenvalue weighted by Gasteiger charge is -2.15. The van der Waals surface area contributed by atoms with Crippen LogP contribution < -0.4 is 10.5 Å². The van der Waals surface area contributed by atoms with E-state index in [2.05, 4.69) is 24.3 Å². The van der Waals surface area contributed by atoms with E-state index in [0.717, 1.165) is 29.9 Å². The largest absolute Gasteiger partial charge is 0.496 e. The SMILES string of the molecule is COc1ccccc1CC(N)c1ccc2c(c1)COC2. The van der Waals surface area contributed by atoms with Gasteiger partial charge in [0.2, 0.25) is 0 Å². The van der Waals surface area contributed by atoms with Crippen molar-refractivity contribution >= 4 is 0 Å². The number of rotatable bonds is 4. The molecule has 0 aromatic heterocycles. The summed E-state index contributed by atoms with van der Waals surface area (Å²) in [5.74, 6) is 0.896. The molecule has 0 saturated carbocycles. The summed E-state index contributed by atoms with van der Waals surface area (Å²) in [4.78, 5) is 0.